The van der Waals surface area contributed by atoms with Gasteiger partial charge in [-0.15, -0.1) is 10.2 Å². The van der Waals surface area contributed by atoms with Gasteiger partial charge in [0, 0.05) is 17.5 Å². The summed E-state index contributed by atoms with van der Waals surface area (Å²) in [4.78, 5) is 11.9. The summed E-state index contributed by atoms with van der Waals surface area (Å²) in [6.07, 6.45) is 0. The fourth-order valence-electron chi connectivity index (χ4n) is 1.26. The Morgan fingerprint density at radius 3 is 2.78 bits per heavy atom. The molecule has 0 bridgehead atoms. The van der Waals surface area contributed by atoms with Gasteiger partial charge in [-0.1, -0.05) is 35.0 Å². The molecule has 2 rings (SSSR count). The molecule has 1 heterocycles. The fraction of sp³-hybridized carbons (Fsp3) is 0.182. The van der Waals surface area contributed by atoms with Crippen LogP contribution in [0.25, 0.3) is 0 Å². The molecule has 18 heavy (non-hydrogen) atoms. The highest BCUT2D eigenvalue weighted by molar-refractivity contribution is 7.99. The van der Waals surface area contributed by atoms with E-state index in [1.807, 2.05) is 0 Å². The standard InChI is InChI=1S/C11H8Cl2N2O2S/c1-6-14-15-11(17-6)18-5-10(16)8-3-2-7(12)4-9(8)13/h2-4H,5H2,1H3. The zero-order chi connectivity index (χ0) is 13.1. The summed E-state index contributed by atoms with van der Waals surface area (Å²) < 4.78 is 5.15. The van der Waals surface area contributed by atoms with Crippen LogP contribution in [-0.2, 0) is 0 Å². The Kier molecular flexibility index (Phi) is 4.27. The van der Waals surface area contributed by atoms with Crippen LogP contribution in [0.4, 0.5) is 0 Å². The number of Topliss-reactive ketones (excluding diaryl/α,β-unsaturated/α-hetero) is 1. The number of thioether (sulfide) groups is 1. The second kappa shape index (κ2) is 5.73. The van der Waals surface area contributed by atoms with Gasteiger partial charge in [0.15, 0.2) is 5.78 Å². The van der Waals surface area contributed by atoms with Crippen LogP contribution in [-0.4, -0.2) is 21.7 Å². The highest BCUT2D eigenvalue weighted by Crippen LogP contribution is 2.24. The Hall–Kier alpha value is -1.04. The van der Waals surface area contributed by atoms with E-state index in [0.29, 0.717) is 26.7 Å². The van der Waals surface area contributed by atoms with Crippen molar-refractivity contribution in [3.05, 3.63) is 39.7 Å². The maximum absolute atomic E-state index is 11.9. The SMILES string of the molecule is Cc1nnc(SCC(=O)c2ccc(Cl)cc2Cl)o1. The van der Waals surface area contributed by atoms with Gasteiger partial charge in [-0.25, -0.2) is 0 Å². The summed E-state index contributed by atoms with van der Waals surface area (Å²) in [7, 11) is 0. The summed E-state index contributed by atoms with van der Waals surface area (Å²) in [5.74, 6) is 0.537. The molecule has 0 saturated carbocycles. The minimum absolute atomic E-state index is 0.113. The number of hydrogen-bond donors (Lipinski definition) is 0. The van der Waals surface area contributed by atoms with Crippen molar-refractivity contribution in [1.29, 1.82) is 0 Å². The first-order chi connectivity index (χ1) is 8.56. The topological polar surface area (TPSA) is 56.0 Å². The second-order valence-corrected chi connectivity index (χ2v) is 5.19. The van der Waals surface area contributed by atoms with Gasteiger partial charge in [0.25, 0.3) is 5.22 Å². The number of aryl methyl sites for hydroxylation is 1. The van der Waals surface area contributed by atoms with E-state index in [-0.39, 0.29) is 11.5 Å². The Morgan fingerprint density at radius 2 is 2.17 bits per heavy atom. The average Bonchev–Trinajstić information content (AvgIpc) is 2.72. The van der Waals surface area contributed by atoms with E-state index in [9.17, 15) is 4.79 Å². The highest BCUT2D eigenvalue weighted by Gasteiger charge is 2.13. The van der Waals surface area contributed by atoms with Crippen molar-refractivity contribution in [3.8, 4) is 0 Å². The number of carbonyl (C=O) groups excluding carboxylic acids is 1. The summed E-state index contributed by atoms with van der Waals surface area (Å²) in [6, 6.07) is 4.77. The Bertz CT molecular complexity index is 586. The molecule has 0 aliphatic rings. The van der Waals surface area contributed by atoms with E-state index in [2.05, 4.69) is 10.2 Å². The van der Waals surface area contributed by atoms with E-state index >= 15 is 0 Å². The average molecular weight is 303 g/mol. The van der Waals surface area contributed by atoms with Gasteiger partial charge in [0.05, 0.1) is 10.8 Å². The first-order valence-electron chi connectivity index (χ1n) is 4.97. The number of hydrogen-bond acceptors (Lipinski definition) is 5. The molecule has 0 spiro atoms. The highest BCUT2D eigenvalue weighted by atomic mass is 35.5. The number of ketones is 1. The predicted molar refractivity (Wildman–Crippen MR) is 70.6 cm³/mol. The maximum Gasteiger partial charge on any atom is 0.277 e. The fourth-order valence-corrected chi connectivity index (χ4v) is 2.46. The molecular formula is C11H8Cl2N2O2S. The van der Waals surface area contributed by atoms with Gasteiger partial charge in [0.2, 0.25) is 5.89 Å². The van der Waals surface area contributed by atoms with Crippen LogP contribution < -0.4 is 0 Å². The van der Waals surface area contributed by atoms with Gasteiger partial charge in [-0.05, 0) is 18.2 Å². The number of rotatable bonds is 4. The quantitative estimate of drug-likeness (QED) is 0.637. The molecule has 0 aliphatic carbocycles. The van der Waals surface area contributed by atoms with Crippen LogP contribution in [0.3, 0.4) is 0 Å². The number of benzene rings is 1. The van der Waals surface area contributed by atoms with Gasteiger partial charge >= 0.3 is 0 Å². The molecule has 0 atom stereocenters. The van der Waals surface area contributed by atoms with Crippen molar-refractivity contribution < 1.29 is 9.21 Å². The number of aromatic nitrogens is 2. The normalized spacial score (nSPS) is 10.6. The molecule has 94 valence electrons. The molecule has 7 heteroatoms. The van der Waals surface area contributed by atoms with Crippen LogP contribution in [0.5, 0.6) is 0 Å². The van der Waals surface area contributed by atoms with E-state index in [1.54, 1.807) is 19.1 Å². The lowest BCUT2D eigenvalue weighted by molar-refractivity contribution is 0.102. The van der Waals surface area contributed by atoms with Crippen LogP contribution in [0.1, 0.15) is 16.2 Å². The Labute approximate surface area is 118 Å². The molecule has 0 fully saturated rings. The predicted octanol–water partition coefficient (Wildman–Crippen LogP) is 3.66. The third-order valence-electron chi connectivity index (χ3n) is 2.07. The van der Waals surface area contributed by atoms with Crippen molar-refractivity contribution in [2.45, 2.75) is 12.1 Å². The lowest BCUT2D eigenvalue weighted by atomic mass is 10.1. The van der Waals surface area contributed by atoms with Crippen molar-refractivity contribution >= 4 is 40.7 Å². The van der Waals surface area contributed by atoms with Gasteiger partial charge in [0.1, 0.15) is 0 Å². The summed E-state index contributed by atoms with van der Waals surface area (Å²) in [5, 5.41) is 8.67. The molecule has 4 nitrogen and oxygen atoms in total. The van der Waals surface area contributed by atoms with Crippen molar-refractivity contribution in [3.63, 3.8) is 0 Å². The van der Waals surface area contributed by atoms with Crippen LogP contribution >= 0.6 is 35.0 Å². The van der Waals surface area contributed by atoms with E-state index in [0.717, 1.165) is 0 Å². The van der Waals surface area contributed by atoms with E-state index < -0.39 is 0 Å². The zero-order valence-electron chi connectivity index (χ0n) is 9.31. The molecule has 0 unspecified atom stereocenters. The lowest BCUT2D eigenvalue weighted by Crippen LogP contribution is -2.03. The molecule has 0 aliphatic heterocycles. The molecule has 2 aromatic rings. The van der Waals surface area contributed by atoms with Gasteiger partial charge < -0.3 is 4.42 Å². The zero-order valence-corrected chi connectivity index (χ0v) is 11.6. The van der Waals surface area contributed by atoms with E-state index in [1.165, 1.54) is 17.8 Å². The lowest BCUT2D eigenvalue weighted by Gasteiger charge is -2.02. The summed E-state index contributed by atoms with van der Waals surface area (Å²) in [6.45, 7) is 1.69. The van der Waals surface area contributed by atoms with Gasteiger partial charge in [-0.3, -0.25) is 4.79 Å². The van der Waals surface area contributed by atoms with E-state index in [4.69, 9.17) is 27.6 Å². The number of halogens is 2. The van der Waals surface area contributed by atoms with Crippen LogP contribution in [0.15, 0.2) is 27.8 Å². The minimum Gasteiger partial charge on any atom is -0.416 e. The van der Waals surface area contributed by atoms with Crippen LogP contribution in [0, 0.1) is 6.92 Å². The monoisotopic (exact) mass is 302 g/mol. The smallest absolute Gasteiger partial charge is 0.277 e. The first-order valence-corrected chi connectivity index (χ1v) is 6.71. The van der Waals surface area contributed by atoms with Crippen molar-refractivity contribution in [1.82, 2.24) is 10.2 Å². The molecule has 1 aromatic heterocycles. The largest absolute Gasteiger partial charge is 0.416 e. The molecule has 0 radical (unpaired) electrons. The second-order valence-electron chi connectivity index (χ2n) is 3.42. The third kappa shape index (κ3) is 3.25. The number of nitrogens with zero attached hydrogens (tertiary/aromatic N) is 2. The first kappa shape index (κ1) is 13.4. The third-order valence-corrected chi connectivity index (χ3v) is 3.43. The van der Waals surface area contributed by atoms with Gasteiger partial charge in [-0.2, -0.15) is 0 Å². The molecule has 0 amide bonds. The minimum atomic E-state index is -0.113. The molecule has 0 saturated heterocycles. The molecule has 0 N–H and O–H groups in total. The maximum atomic E-state index is 11.9. The summed E-state index contributed by atoms with van der Waals surface area (Å²) in [5.41, 5.74) is 0.435. The Morgan fingerprint density at radius 1 is 1.39 bits per heavy atom. The Balaban J connectivity index is 2.03. The summed E-state index contributed by atoms with van der Waals surface area (Å²) >= 11 is 12.9. The van der Waals surface area contributed by atoms with Crippen LogP contribution in [0.2, 0.25) is 10.0 Å². The van der Waals surface area contributed by atoms with Crippen molar-refractivity contribution in [2.24, 2.45) is 0 Å². The molecule has 1 aromatic carbocycles. The molecular weight excluding hydrogens is 295 g/mol. The van der Waals surface area contributed by atoms with Crippen molar-refractivity contribution in [2.75, 3.05) is 5.75 Å². The number of carbonyl (C=O) groups is 1.